The number of nitrogens with one attached hydrogen (secondary N) is 1. The Balaban J connectivity index is 2.51. The molecule has 0 atom stereocenters. The van der Waals surface area contributed by atoms with Crippen LogP contribution < -0.4 is 10.1 Å². The predicted octanol–water partition coefficient (Wildman–Crippen LogP) is 2.85. The average molecular weight is 248 g/mol. The summed E-state index contributed by atoms with van der Waals surface area (Å²) in [7, 11) is 3.63. The molecule has 1 heterocycles. The Morgan fingerprint density at radius 2 is 2.12 bits per heavy atom. The maximum Gasteiger partial charge on any atom is 0.127 e. The molecule has 90 valence electrons. The molecule has 1 N–H and O–H groups in total. The molecule has 17 heavy (non-hydrogen) atoms. The van der Waals surface area contributed by atoms with E-state index in [-0.39, 0.29) is 0 Å². The van der Waals surface area contributed by atoms with Gasteiger partial charge in [-0.2, -0.15) is 0 Å². The first-order valence-corrected chi connectivity index (χ1v) is 6.32. The van der Waals surface area contributed by atoms with Crippen LogP contribution in [0.15, 0.2) is 24.3 Å². The van der Waals surface area contributed by atoms with E-state index in [1.165, 1.54) is 4.88 Å². The topological polar surface area (TPSA) is 34.2 Å². The molecular weight excluding hydrogens is 232 g/mol. The summed E-state index contributed by atoms with van der Waals surface area (Å²) in [6, 6.07) is 8.06. The largest absolute Gasteiger partial charge is 0.496 e. The second kappa shape index (κ2) is 5.29. The van der Waals surface area contributed by atoms with Crippen LogP contribution in [0.1, 0.15) is 10.7 Å². The van der Waals surface area contributed by atoms with E-state index in [1.807, 2.05) is 32.2 Å². The predicted molar refractivity (Wildman–Crippen MR) is 71.6 cm³/mol. The molecule has 0 unspecified atom stereocenters. The summed E-state index contributed by atoms with van der Waals surface area (Å²) in [6.45, 7) is 2.81. The first kappa shape index (κ1) is 12.1. The Morgan fingerprint density at radius 1 is 1.35 bits per heavy atom. The van der Waals surface area contributed by atoms with Crippen molar-refractivity contribution in [1.82, 2.24) is 10.3 Å². The zero-order valence-corrected chi connectivity index (χ0v) is 11.1. The molecule has 0 bridgehead atoms. The lowest BCUT2D eigenvalue weighted by Crippen LogP contribution is -2.06. The molecule has 3 nitrogen and oxygen atoms in total. The summed E-state index contributed by atoms with van der Waals surface area (Å²) in [5, 5.41) is 4.23. The van der Waals surface area contributed by atoms with Crippen molar-refractivity contribution in [2.45, 2.75) is 13.5 Å². The molecule has 0 saturated carbocycles. The number of hydrogen-bond donors (Lipinski definition) is 1. The quantitative estimate of drug-likeness (QED) is 0.903. The van der Waals surface area contributed by atoms with Crippen molar-refractivity contribution >= 4 is 11.3 Å². The molecule has 0 radical (unpaired) electrons. The van der Waals surface area contributed by atoms with E-state index >= 15 is 0 Å². The highest BCUT2D eigenvalue weighted by Crippen LogP contribution is 2.36. The van der Waals surface area contributed by atoms with Gasteiger partial charge in [-0.3, -0.25) is 0 Å². The van der Waals surface area contributed by atoms with Crippen molar-refractivity contribution < 1.29 is 4.74 Å². The second-order valence-corrected chi connectivity index (χ2v) is 4.94. The standard InChI is InChI=1S/C13H16N2OS/c1-9-15-11(8-14-2)13(17-9)10-6-4-5-7-12(10)16-3/h4-7,14H,8H2,1-3H3. The Labute approximate surface area is 105 Å². The monoisotopic (exact) mass is 248 g/mol. The number of aromatic nitrogens is 1. The Bertz CT molecular complexity index is 508. The average Bonchev–Trinajstić information content (AvgIpc) is 2.71. The molecule has 2 rings (SSSR count). The van der Waals surface area contributed by atoms with Crippen LogP contribution in [0.3, 0.4) is 0 Å². The summed E-state index contributed by atoms with van der Waals surface area (Å²) >= 11 is 1.71. The van der Waals surface area contributed by atoms with Gasteiger partial charge in [0.2, 0.25) is 0 Å². The van der Waals surface area contributed by atoms with Gasteiger partial charge >= 0.3 is 0 Å². The second-order valence-electron chi connectivity index (χ2n) is 3.74. The number of hydrogen-bond acceptors (Lipinski definition) is 4. The van der Waals surface area contributed by atoms with E-state index in [0.717, 1.165) is 28.6 Å². The SMILES string of the molecule is CNCc1nc(C)sc1-c1ccccc1OC. The number of methoxy groups -OCH3 is 1. The fourth-order valence-electron chi connectivity index (χ4n) is 1.80. The molecule has 0 spiro atoms. The van der Waals surface area contributed by atoms with Crippen LogP contribution in [-0.4, -0.2) is 19.1 Å². The van der Waals surface area contributed by atoms with Crippen molar-refractivity contribution in [3.63, 3.8) is 0 Å². The zero-order chi connectivity index (χ0) is 12.3. The van der Waals surface area contributed by atoms with Gasteiger partial charge in [-0.25, -0.2) is 4.98 Å². The maximum absolute atomic E-state index is 5.40. The van der Waals surface area contributed by atoms with Crippen LogP contribution in [0, 0.1) is 6.92 Å². The number of ether oxygens (including phenoxy) is 1. The fourth-order valence-corrected chi connectivity index (χ4v) is 2.77. The van der Waals surface area contributed by atoms with E-state index < -0.39 is 0 Å². The number of rotatable bonds is 4. The highest BCUT2D eigenvalue weighted by molar-refractivity contribution is 7.15. The smallest absolute Gasteiger partial charge is 0.127 e. The van der Waals surface area contributed by atoms with Crippen molar-refractivity contribution in [3.05, 3.63) is 35.0 Å². The molecule has 2 aromatic rings. The van der Waals surface area contributed by atoms with Crippen molar-refractivity contribution in [2.24, 2.45) is 0 Å². The van der Waals surface area contributed by atoms with E-state index in [1.54, 1.807) is 18.4 Å². The van der Waals surface area contributed by atoms with Gasteiger partial charge in [0.1, 0.15) is 5.75 Å². The zero-order valence-electron chi connectivity index (χ0n) is 10.3. The minimum atomic E-state index is 0.776. The Morgan fingerprint density at radius 3 is 2.82 bits per heavy atom. The molecule has 0 fully saturated rings. The van der Waals surface area contributed by atoms with E-state index in [0.29, 0.717) is 0 Å². The number of thiazole rings is 1. The highest BCUT2D eigenvalue weighted by atomic mass is 32.1. The van der Waals surface area contributed by atoms with Crippen molar-refractivity contribution in [1.29, 1.82) is 0 Å². The summed E-state index contributed by atoms with van der Waals surface area (Å²) in [5.41, 5.74) is 2.20. The molecular formula is C13H16N2OS. The van der Waals surface area contributed by atoms with Gasteiger partial charge in [-0.15, -0.1) is 11.3 Å². The number of para-hydroxylation sites is 1. The minimum Gasteiger partial charge on any atom is -0.496 e. The number of aryl methyl sites for hydroxylation is 1. The molecule has 1 aromatic carbocycles. The van der Waals surface area contributed by atoms with Crippen LogP contribution in [0.4, 0.5) is 0 Å². The third kappa shape index (κ3) is 2.48. The lowest BCUT2D eigenvalue weighted by molar-refractivity contribution is 0.416. The van der Waals surface area contributed by atoms with Gasteiger partial charge in [0.05, 0.1) is 22.7 Å². The third-order valence-corrected chi connectivity index (χ3v) is 3.55. The first-order valence-electron chi connectivity index (χ1n) is 5.50. The van der Waals surface area contributed by atoms with Crippen molar-refractivity contribution in [2.75, 3.05) is 14.2 Å². The minimum absolute atomic E-state index is 0.776. The number of benzene rings is 1. The van der Waals surface area contributed by atoms with Gasteiger partial charge < -0.3 is 10.1 Å². The molecule has 0 amide bonds. The molecule has 1 aromatic heterocycles. The van der Waals surface area contributed by atoms with Gasteiger partial charge in [-0.1, -0.05) is 12.1 Å². The van der Waals surface area contributed by atoms with Crippen LogP contribution in [-0.2, 0) is 6.54 Å². The van der Waals surface area contributed by atoms with Crippen LogP contribution in [0.25, 0.3) is 10.4 Å². The highest BCUT2D eigenvalue weighted by Gasteiger charge is 2.13. The van der Waals surface area contributed by atoms with Crippen LogP contribution in [0.2, 0.25) is 0 Å². The molecule has 4 heteroatoms. The lowest BCUT2D eigenvalue weighted by Gasteiger charge is -2.07. The van der Waals surface area contributed by atoms with Gasteiger partial charge in [0.15, 0.2) is 0 Å². The summed E-state index contributed by atoms with van der Waals surface area (Å²) in [5.74, 6) is 0.897. The Kier molecular flexibility index (Phi) is 3.76. The van der Waals surface area contributed by atoms with Crippen molar-refractivity contribution in [3.8, 4) is 16.2 Å². The lowest BCUT2D eigenvalue weighted by atomic mass is 10.1. The van der Waals surface area contributed by atoms with Gasteiger partial charge in [0, 0.05) is 12.1 Å². The van der Waals surface area contributed by atoms with E-state index in [9.17, 15) is 0 Å². The number of nitrogens with zero attached hydrogens (tertiary/aromatic N) is 1. The van der Waals surface area contributed by atoms with Gasteiger partial charge in [-0.05, 0) is 26.1 Å². The summed E-state index contributed by atoms with van der Waals surface area (Å²) < 4.78 is 5.40. The van der Waals surface area contributed by atoms with Crippen LogP contribution >= 0.6 is 11.3 Å². The molecule has 0 aliphatic heterocycles. The first-order chi connectivity index (χ1) is 8.26. The van der Waals surface area contributed by atoms with E-state index in [4.69, 9.17) is 4.74 Å². The normalized spacial score (nSPS) is 10.5. The van der Waals surface area contributed by atoms with Gasteiger partial charge in [0.25, 0.3) is 0 Å². The van der Waals surface area contributed by atoms with Crippen LogP contribution in [0.5, 0.6) is 5.75 Å². The maximum atomic E-state index is 5.40. The summed E-state index contributed by atoms with van der Waals surface area (Å²) in [4.78, 5) is 5.74. The fraction of sp³-hybridized carbons (Fsp3) is 0.308. The molecule has 0 aliphatic rings. The Hall–Kier alpha value is -1.39. The van der Waals surface area contributed by atoms with E-state index in [2.05, 4.69) is 16.4 Å². The molecule has 0 saturated heterocycles. The molecule has 0 aliphatic carbocycles. The third-order valence-electron chi connectivity index (χ3n) is 2.50. The summed E-state index contributed by atoms with van der Waals surface area (Å²) in [6.07, 6.45) is 0.